The van der Waals surface area contributed by atoms with Crippen molar-refractivity contribution in [1.82, 2.24) is 0 Å². The Labute approximate surface area is 124 Å². The van der Waals surface area contributed by atoms with Crippen molar-refractivity contribution in [3.8, 4) is 17.6 Å². The summed E-state index contributed by atoms with van der Waals surface area (Å²) in [5.74, 6) is 6.95. The maximum atomic E-state index is 13.5. The molecule has 1 fully saturated rings. The van der Waals surface area contributed by atoms with Crippen LogP contribution in [0.3, 0.4) is 0 Å². The van der Waals surface area contributed by atoms with Gasteiger partial charge in [-0.2, -0.15) is 0 Å². The Kier molecular flexibility index (Phi) is 6.17. The number of halogens is 2. The molecule has 0 atom stereocenters. The van der Waals surface area contributed by atoms with Crippen LogP contribution in [0.25, 0.3) is 0 Å². The molecule has 1 saturated heterocycles. The third-order valence-electron chi connectivity index (χ3n) is 3.15. The van der Waals surface area contributed by atoms with Crippen LogP contribution in [0.15, 0.2) is 18.2 Å². The predicted octanol–water partition coefficient (Wildman–Crippen LogP) is 3.61. The van der Waals surface area contributed by atoms with Crippen LogP contribution >= 0.6 is 11.6 Å². The van der Waals surface area contributed by atoms with Gasteiger partial charge in [0.1, 0.15) is 11.6 Å². The average molecular weight is 297 g/mol. The molecule has 0 radical (unpaired) electrons. The molecule has 0 amide bonds. The number of benzene rings is 1. The molecule has 0 aromatic heterocycles. The first kappa shape index (κ1) is 15.2. The molecule has 2 rings (SSSR count). The topological polar surface area (TPSA) is 18.5 Å². The van der Waals surface area contributed by atoms with Gasteiger partial charge in [-0.1, -0.05) is 11.8 Å². The van der Waals surface area contributed by atoms with E-state index in [1.54, 1.807) is 6.07 Å². The fourth-order valence-electron chi connectivity index (χ4n) is 2.06. The molecule has 0 bridgehead atoms. The number of hydrogen-bond acceptors (Lipinski definition) is 2. The van der Waals surface area contributed by atoms with Crippen LogP contribution in [0.2, 0.25) is 0 Å². The van der Waals surface area contributed by atoms with Crippen molar-refractivity contribution in [2.45, 2.75) is 19.3 Å². The SMILES string of the molecule is Fc1cc(C#CCCCl)cc(OCC2CCOCC2)c1. The molecule has 0 saturated carbocycles. The lowest BCUT2D eigenvalue weighted by atomic mass is 10.0. The predicted molar refractivity (Wildman–Crippen MR) is 77.7 cm³/mol. The van der Waals surface area contributed by atoms with Crippen LogP contribution < -0.4 is 4.74 Å². The molecular weight excluding hydrogens is 279 g/mol. The first-order valence-corrected chi connectivity index (χ1v) is 7.37. The van der Waals surface area contributed by atoms with Gasteiger partial charge in [0.15, 0.2) is 0 Å². The fraction of sp³-hybridized carbons (Fsp3) is 0.500. The zero-order valence-corrected chi connectivity index (χ0v) is 12.1. The minimum atomic E-state index is -0.329. The third-order valence-corrected chi connectivity index (χ3v) is 3.34. The van der Waals surface area contributed by atoms with E-state index < -0.39 is 0 Å². The summed E-state index contributed by atoms with van der Waals surface area (Å²) < 4.78 is 24.5. The molecule has 20 heavy (non-hydrogen) atoms. The van der Waals surface area contributed by atoms with Gasteiger partial charge in [0, 0.05) is 37.1 Å². The molecule has 4 heteroatoms. The van der Waals surface area contributed by atoms with Crippen LogP contribution in [0.5, 0.6) is 5.75 Å². The van der Waals surface area contributed by atoms with Crippen LogP contribution in [0.4, 0.5) is 4.39 Å². The summed E-state index contributed by atoms with van der Waals surface area (Å²) in [6.45, 7) is 2.17. The number of rotatable bonds is 4. The highest BCUT2D eigenvalue weighted by Gasteiger charge is 2.14. The molecule has 1 aliphatic heterocycles. The molecule has 0 unspecified atom stereocenters. The van der Waals surface area contributed by atoms with Crippen molar-refractivity contribution >= 4 is 11.6 Å². The largest absolute Gasteiger partial charge is 0.493 e. The third kappa shape index (κ3) is 5.03. The highest BCUT2D eigenvalue weighted by Crippen LogP contribution is 2.20. The lowest BCUT2D eigenvalue weighted by Gasteiger charge is -2.22. The van der Waals surface area contributed by atoms with Gasteiger partial charge in [-0.05, 0) is 30.9 Å². The van der Waals surface area contributed by atoms with Crippen molar-refractivity contribution in [2.24, 2.45) is 5.92 Å². The molecule has 108 valence electrons. The van der Waals surface area contributed by atoms with Crippen molar-refractivity contribution in [3.63, 3.8) is 0 Å². The summed E-state index contributed by atoms with van der Waals surface area (Å²) in [6, 6.07) is 4.57. The first-order chi connectivity index (χ1) is 9.78. The molecule has 1 aromatic rings. The van der Waals surface area contributed by atoms with Crippen LogP contribution in [-0.4, -0.2) is 25.7 Å². The molecular formula is C16H18ClFO2. The molecule has 0 spiro atoms. The van der Waals surface area contributed by atoms with Gasteiger partial charge < -0.3 is 9.47 Å². The van der Waals surface area contributed by atoms with Gasteiger partial charge in [-0.3, -0.25) is 0 Å². The maximum absolute atomic E-state index is 13.5. The molecule has 1 aromatic carbocycles. The monoisotopic (exact) mass is 296 g/mol. The van der Waals surface area contributed by atoms with E-state index in [2.05, 4.69) is 11.8 Å². The number of ether oxygens (including phenoxy) is 2. The van der Waals surface area contributed by atoms with Crippen molar-refractivity contribution in [3.05, 3.63) is 29.6 Å². The van der Waals surface area contributed by atoms with E-state index in [1.165, 1.54) is 12.1 Å². The van der Waals surface area contributed by atoms with E-state index in [-0.39, 0.29) is 5.82 Å². The average Bonchev–Trinajstić information content (AvgIpc) is 2.46. The number of hydrogen-bond donors (Lipinski definition) is 0. The van der Waals surface area contributed by atoms with Gasteiger partial charge in [0.25, 0.3) is 0 Å². The second kappa shape index (κ2) is 8.14. The second-order valence-electron chi connectivity index (χ2n) is 4.78. The zero-order chi connectivity index (χ0) is 14.2. The minimum absolute atomic E-state index is 0.329. The standard InChI is InChI=1S/C16H18ClFO2/c17-6-2-1-3-14-9-15(18)11-16(10-14)20-12-13-4-7-19-8-5-13/h9-11,13H,2,4-8,12H2. The van der Waals surface area contributed by atoms with Gasteiger partial charge in [0.05, 0.1) is 6.61 Å². The van der Waals surface area contributed by atoms with Gasteiger partial charge >= 0.3 is 0 Å². The second-order valence-corrected chi connectivity index (χ2v) is 5.16. The van der Waals surface area contributed by atoms with Gasteiger partial charge in [0.2, 0.25) is 0 Å². The van der Waals surface area contributed by atoms with Gasteiger partial charge in [-0.25, -0.2) is 4.39 Å². The summed E-state index contributed by atoms with van der Waals surface area (Å²) in [6.07, 6.45) is 2.59. The molecule has 2 nitrogen and oxygen atoms in total. The fourth-order valence-corrected chi connectivity index (χ4v) is 2.15. The van der Waals surface area contributed by atoms with E-state index in [1.807, 2.05) is 0 Å². The highest BCUT2D eigenvalue weighted by atomic mass is 35.5. The summed E-state index contributed by atoms with van der Waals surface area (Å²) in [7, 11) is 0. The molecule has 0 N–H and O–H groups in total. The lowest BCUT2D eigenvalue weighted by Crippen LogP contribution is -2.21. The summed E-state index contributed by atoms with van der Waals surface area (Å²) in [5.41, 5.74) is 0.622. The maximum Gasteiger partial charge on any atom is 0.128 e. The van der Waals surface area contributed by atoms with Crippen molar-refractivity contribution < 1.29 is 13.9 Å². The smallest absolute Gasteiger partial charge is 0.128 e. The van der Waals surface area contributed by atoms with E-state index >= 15 is 0 Å². The van der Waals surface area contributed by atoms with Crippen LogP contribution in [0, 0.1) is 23.6 Å². The van der Waals surface area contributed by atoms with Gasteiger partial charge in [-0.15, -0.1) is 11.6 Å². The minimum Gasteiger partial charge on any atom is -0.493 e. The Morgan fingerprint density at radius 3 is 2.85 bits per heavy atom. The van der Waals surface area contributed by atoms with Crippen LogP contribution in [0.1, 0.15) is 24.8 Å². The molecule has 1 aliphatic rings. The zero-order valence-electron chi connectivity index (χ0n) is 11.3. The lowest BCUT2D eigenvalue weighted by molar-refractivity contribution is 0.0497. The Morgan fingerprint density at radius 1 is 1.30 bits per heavy atom. The summed E-state index contributed by atoms with van der Waals surface area (Å²) >= 11 is 5.55. The highest BCUT2D eigenvalue weighted by molar-refractivity contribution is 6.18. The normalized spacial score (nSPS) is 15.5. The quantitative estimate of drug-likeness (QED) is 0.624. The van der Waals surface area contributed by atoms with Crippen molar-refractivity contribution in [1.29, 1.82) is 0 Å². The Hall–Kier alpha value is -1.24. The van der Waals surface area contributed by atoms with Crippen LogP contribution in [-0.2, 0) is 4.74 Å². The summed E-state index contributed by atoms with van der Waals surface area (Å²) in [4.78, 5) is 0. The molecule has 1 heterocycles. The Morgan fingerprint density at radius 2 is 2.10 bits per heavy atom. The van der Waals surface area contributed by atoms with E-state index in [9.17, 15) is 4.39 Å². The molecule has 0 aliphatic carbocycles. The summed E-state index contributed by atoms with van der Waals surface area (Å²) in [5, 5.41) is 0. The van der Waals surface area contributed by atoms with E-state index in [0.717, 1.165) is 26.1 Å². The van der Waals surface area contributed by atoms with E-state index in [0.29, 0.717) is 36.1 Å². The Balaban J connectivity index is 1.95. The first-order valence-electron chi connectivity index (χ1n) is 6.84. The van der Waals surface area contributed by atoms with E-state index in [4.69, 9.17) is 21.1 Å². The Bertz CT molecular complexity index is 487. The van der Waals surface area contributed by atoms with Crippen molar-refractivity contribution in [2.75, 3.05) is 25.7 Å². The number of alkyl halides is 1.